The largest absolute Gasteiger partial charge is 0.291 e. The summed E-state index contributed by atoms with van der Waals surface area (Å²) in [7, 11) is 0. The van der Waals surface area contributed by atoms with Crippen LogP contribution in [0.1, 0.15) is 68.9 Å². The van der Waals surface area contributed by atoms with Crippen LogP contribution in [0.4, 0.5) is 0 Å². The Labute approximate surface area is 125 Å². The molecule has 0 bridgehead atoms. The van der Waals surface area contributed by atoms with Gasteiger partial charge in [-0.25, -0.2) is 4.98 Å². The number of imidazole rings is 1. The molecule has 0 atom stereocenters. The lowest BCUT2D eigenvalue weighted by molar-refractivity contribution is 0.224. The van der Waals surface area contributed by atoms with Crippen LogP contribution in [0.5, 0.6) is 0 Å². The van der Waals surface area contributed by atoms with E-state index in [1.165, 1.54) is 48.5 Å². The summed E-state index contributed by atoms with van der Waals surface area (Å²) in [6.07, 6.45) is 7.61. The van der Waals surface area contributed by atoms with Gasteiger partial charge in [0.25, 0.3) is 0 Å². The molecule has 4 rings (SSSR count). The highest BCUT2D eigenvalue weighted by Crippen LogP contribution is 2.47. The normalized spacial score (nSPS) is 23.6. The molecule has 2 aliphatic carbocycles. The van der Waals surface area contributed by atoms with Gasteiger partial charge in [-0.15, -0.1) is 11.3 Å². The molecule has 0 unspecified atom stereocenters. The van der Waals surface area contributed by atoms with Gasteiger partial charge in [-0.1, -0.05) is 27.7 Å². The summed E-state index contributed by atoms with van der Waals surface area (Å²) >= 11 is 1.95. The maximum Gasteiger partial charge on any atom is 0.194 e. The van der Waals surface area contributed by atoms with Crippen molar-refractivity contribution in [3.05, 3.63) is 22.0 Å². The highest BCUT2D eigenvalue weighted by Gasteiger charge is 2.41. The van der Waals surface area contributed by atoms with Crippen LogP contribution in [0.3, 0.4) is 0 Å². The van der Waals surface area contributed by atoms with E-state index >= 15 is 0 Å². The first-order valence-corrected chi connectivity index (χ1v) is 8.71. The van der Waals surface area contributed by atoms with Gasteiger partial charge in [0.15, 0.2) is 4.96 Å². The molecular weight excluding hydrogens is 264 g/mol. The van der Waals surface area contributed by atoms with Gasteiger partial charge in [0.2, 0.25) is 0 Å². The van der Waals surface area contributed by atoms with Crippen LogP contribution in [0.2, 0.25) is 0 Å². The van der Waals surface area contributed by atoms with Crippen LogP contribution in [0.15, 0.2) is 0 Å². The lowest BCUT2D eigenvalue weighted by atomic mass is 9.66. The molecule has 0 fully saturated rings. The number of thiazole rings is 1. The fourth-order valence-corrected chi connectivity index (χ4v) is 5.92. The molecule has 0 N–H and O–H groups in total. The third kappa shape index (κ3) is 1.71. The monoisotopic (exact) mass is 288 g/mol. The number of aryl methyl sites for hydroxylation is 2. The lowest BCUT2D eigenvalue weighted by Gasteiger charge is -2.40. The van der Waals surface area contributed by atoms with Crippen LogP contribution in [0, 0.1) is 5.41 Å². The first kappa shape index (κ1) is 12.9. The number of aromatic nitrogens is 2. The predicted octanol–water partition coefficient (Wildman–Crippen LogP) is 4.52. The Hall–Kier alpha value is -0.830. The minimum atomic E-state index is 0.239. The molecule has 0 saturated heterocycles. The van der Waals surface area contributed by atoms with E-state index in [0.29, 0.717) is 5.41 Å². The fourth-order valence-electron chi connectivity index (χ4n) is 4.69. The average Bonchev–Trinajstić information content (AvgIpc) is 2.80. The minimum Gasteiger partial charge on any atom is -0.291 e. The molecule has 3 heteroatoms. The lowest BCUT2D eigenvalue weighted by Crippen LogP contribution is -2.35. The zero-order valence-electron chi connectivity index (χ0n) is 13.0. The van der Waals surface area contributed by atoms with Gasteiger partial charge in [-0.05, 0) is 43.9 Å². The van der Waals surface area contributed by atoms with Crippen molar-refractivity contribution in [3.8, 4) is 0 Å². The Balaban J connectivity index is 2.00. The number of nitrogens with zero attached hydrogens (tertiary/aromatic N) is 2. The third-order valence-electron chi connectivity index (χ3n) is 5.00. The van der Waals surface area contributed by atoms with Gasteiger partial charge in [-0.3, -0.25) is 4.40 Å². The van der Waals surface area contributed by atoms with Gasteiger partial charge < -0.3 is 0 Å². The second kappa shape index (κ2) is 3.88. The van der Waals surface area contributed by atoms with E-state index in [9.17, 15) is 0 Å². The maximum absolute atomic E-state index is 5.03. The van der Waals surface area contributed by atoms with Crippen LogP contribution in [0.25, 0.3) is 4.96 Å². The van der Waals surface area contributed by atoms with Crippen molar-refractivity contribution in [2.45, 2.75) is 71.6 Å². The molecule has 108 valence electrons. The smallest absolute Gasteiger partial charge is 0.194 e. The fraction of sp³-hybridized carbons (Fsp3) is 0.706. The highest BCUT2D eigenvalue weighted by atomic mass is 32.1. The zero-order valence-corrected chi connectivity index (χ0v) is 13.9. The number of rotatable bonds is 0. The van der Waals surface area contributed by atoms with E-state index < -0.39 is 0 Å². The Kier molecular flexibility index (Phi) is 2.50. The van der Waals surface area contributed by atoms with Crippen molar-refractivity contribution in [3.63, 3.8) is 0 Å². The topological polar surface area (TPSA) is 17.3 Å². The van der Waals surface area contributed by atoms with Crippen molar-refractivity contribution in [1.29, 1.82) is 0 Å². The van der Waals surface area contributed by atoms with Crippen molar-refractivity contribution in [2.75, 3.05) is 0 Å². The molecule has 0 radical (unpaired) electrons. The maximum atomic E-state index is 5.03. The van der Waals surface area contributed by atoms with Crippen LogP contribution in [-0.2, 0) is 24.7 Å². The van der Waals surface area contributed by atoms with E-state index in [4.69, 9.17) is 4.98 Å². The summed E-state index contributed by atoms with van der Waals surface area (Å²) in [6, 6.07) is 0. The third-order valence-corrected chi connectivity index (χ3v) is 6.14. The summed E-state index contributed by atoms with van der Waals surface area (Å²) in [5.41, 5.74) is 5.08. The van der Waals surface area contributed by atoms with Crippen LogP contribution < -0.4 is 0 Å². The summed E-state index contributed by atoms with van der Waals surface area (Å²) in [5, 5.41) is 0. The van der Waals surface area contributed by atoms with Gasteiger partial charge >= 0.3 is 0 Å². The molecule has 0 aromatic carbocycles. The molecule has 0 amide bonds. The number of fused-ring (bicyclic) bond motifs is 5. The van der Waals surface area contributed by atoms with E-state index in [-0.39, 0.29) is 5.41 Å². The van der Waals surface area contributed by atoms with Crippen LogP contribution >= 0.6 is 11.3 Å². The van der Waals surface area contributed by atoms with E-state index in [2.05, 4.69) is 32.1 Å². The standard InChI is InChI=1S/C17H24N2S/c1-16(2)9-11-14(17(3,4)10-16)19-12-7-5-6-8-13(12)20-15(19)18-11/h5-10H2,1-4H3. The number of hydrogen-bond donors (Lipinski definition) is 0. The van der Waals surface area contributed by atoms with Crippen molar-refractivity contribution in [1.82, 2.24) is 9.38 Å². The molecule has 2 nitrogen and oxygen atoms in total. The minimum absolute atomic E-state index is 0.239. The molecule has 2 aromatic heterocycles. The molecule has 2 heterocycles. The second-order valence-corrected chi connectivity index (χ2v) is 9.17. The molecule has 0 saturated carbocycles. The van der Waals surface area contributed by atoms with Gasteiger partial charge in [0.1, 0.15) is 0 Å². The Morgan fingerprint density at radius 3 is 2.65 bits per heavy atom. The van der Waals surface area contributed by atoms with Crippen molar-refractivity contribution in [2.24, 2.45) is 5.41 Å². The number of hydrogen-bond acceptors (Lipinski definition) is 2. The average molecular weight is 288 g/mol. The zero-order chi connectivity index (χ0) is 14.1. The Bertz CT molecular complexity index is 687. The van der Waals surface area contributed by atoms with Crippen molar-refractivity contribution >= 4 is 16.3 Å². The van der Waals surface area contributed by atoms with Crippen molar-refractivity contribution < 1.29 is 0 Å². The summed E-state index contributed by atoms with van der Waals surface area (Å²) in [6.45, 7) is 9.60. The summed E-state index contributed by atoms with van der Waals surface area (Å²) in [4.78, 5) is 7.89. The molecule has 2 aromatic rings. The van der Waals surface area contributed by atoms with Crippen LogP contribution in [-0.4, -0.2) is 9.38 Å². The molecule has 20 heavy (non-hydrogen) atoms. The summed E-state index contributed by atoms with van der Waals surface area (Å²) in [5.74, 6) is 0. The second-order valence-electron chi connectivity index (χ2n) is 8.11. The SMILES string of the molecule is CC1(C)Cc2nc3sc4c(n3c2C(C)(C)C1)CCCC4. The Morgan fingerprint density at radius 2 is 1.85 bits per heavy atom. The van der Waals surface area contributed by atoms with Gasteiger partial charge in [0.05, 0.1) is 11.4 Å². The predicted molar refractivity (Wildman–Crippen MR) is 84.8 cm³/mol. The quantitative estimate of drug-likeness (QED) is 0.696. The van der Waals surface area contributed by atoms with E-state index in [1.807, 2.05) is 11.3 Å². The first-order chi connectivity index (χ1) is 9.37. The van der Waals surface area contributed by atoms with E-state index in [1.54, 1.807) is 10.6 Å². The molecule has 2 aliphatic rings. The Morgan fingerprint density at radius 1 is 1.10 bits per heavy atom. The molecule has 0 aliphatic heterocycles. The first-order valence-electron chi connectivity index (χ1n) is 7.90. The molecular formula is C17H24N2S. The van der Waals surface area contributed by atoms with Gasteiger partial charge in [-0.2, -0.15) is 0 Å². The molecule has 0 spiro atoms. The van der Waals surface area contributed by atoms with E-state index in [0.717, 1.165) is 6.42 Å². The highest BCUT2D eigenvalue weighted by molar-refractivity contribution is 7.17. The van der Waals surface area contributed by atoms with Gasteiger partial charge in [0, 0.05) is 16.0 Å². The summed E-state index contributed by atoms with van der Waals surface area (Å²) < 4.78 is 2.55.